The summed E-state index contributed by atoms with van der Waals surface area (Å²) in [7, 11) is 0. The highest BCUT2D eigenvalue weighted by Gasteiger charge is 2.17. The largest absolute Gasteiger partial charge is 0.462 e. The fraction of sp³-hybridized carbons (Fsp3) is 0.207. The number of nitrogens with zero attached hydrogens (tertiary/aromatic N) is 1. The summed E-state index contributed by atoms with van der Waals surface area (Å²) in [4.78, 5) is 30.4. The summed E-state index contributed by atoms with van der Waals surface area (Å²) in [5.41, 5.74) is 5.94. The van der Waals surface area contributed by atoms with Crippen LogP contribution in [0.5, 0.6) is 0 Å². The van der Waals surface area contributed by atoms with Crippen molar-refractivity contribution < 1.29 is 14.3 Å². The van der Waals surface area contributed by atoms with Crippen molar-refractivity contribution in [3.63, 3.8) is 0 Å². The van der Waals surface area contributed by atoms with Gasteiger partial charge in [-0.15, -0.1) is 0 Å². The second-order valence-electron chi connectivity index (χ2n) is 8.56. The van der Waals surface area contributed by atoms with Crippen LogP contribution in [0.4, 0.5) is 5.69 Å². The van der Waals surface area contributed by atoms with E-state index in [1.165, 1.54) is 0 Å². The lowest BCUT2D eigenvalue weighted by atomic mass is 9.99. The second-order valence-corrected chi connectivity index (χ2v) is 9.00. The third kappa shape index (κ3) is 5.69. The summed E-state index contributed by atoms with van der Waals surface area (Å²) < 4.78 is 5.25. The Morgan fingerprint density at radius 2 is 1.69 bits per heavy atom. The first kappa shape index (κ1) is 24.4. The summed E-state index contributed by atoms with van der Waals surface area (Å²) in [5.74, 6) is -0.620. The van der Waals surface area contributed by atoms with Crippen LogP contribution in [-0.2, 0) is 4.74 Å². The van der Waals surface area contributed by atoms with Gasteiger partial charge in [-0.3, -0.25) is 4.79 Å². The van der Waals surface area contributed by atoms with E-state index in [1.807, 2.05) is 39.0 Å². The number of anilines is 1. The van der Waals surface area contributed by atoms with Crippen LogP contribution in [0.15, 0.2) is 66.7 Å². The maximum Gasteiger partial charge on any atom is 0.338 e. The van der Waals surface area contributed by atoms with Crippen LogP contribution in [0.2, 0.25) is 5.02 Å². The Kier molecular flexibility index (Phi) is 7.47. The number of benzene rings is 3. The Morgan fingerprint density at radius 3 is 2.37 bits per heavy atom. The lowest BCUT2D eigenvalue weighted by Crippen LogP contribution is -2.14. The fourth-order valence-corrected chi connectivity index (χ4v) is 4.04. The van der Waals surface area contributed by atoms with Crippen LogP contribution < -0.4 is 5.32 Å². The number of pyridine rings is 1. The van der Waals surface area contributed by atoms with E-state index >= 15 is 0 Å². The molecule has 0 saturated heterocycles. The number of carbonyl (C=O) groups excluding carboxylic acids is 2. The van der Waals surface area contributed by atoms with Gasteiger partial charge in [0.15, 0.2) is 0 Å². The third-order valence-electron chi connectivity index (χ3n) is 5.74. The minimum absolute atomic E-state index is 0.254. The quantitative estimate of drug-likeness (QED) is 0.218. The molecule has 0 fully saturated rings. The molecule has 0 spiro atoms. The van der Waals surface area contributed by atoms with E-state index in [2.05, 4.69) is 11.4 Å². The van der Waals surface area contributed by atoms with Gasteiger partial charge in [0.25, 0.3) is 5.91 Å². The first-order chi connectivity index (χ1) is 16.9. The molecule has 0 atom stereocenters. The van der Waals surface area contributed by atoms with Crippen LogP contribution in [0.3, 0.4) is 0 Å². The molecule has 4 aromatic rings. The van der Waals surface area contributed by atoms with Crippen molar-refractivity contribution in [2.75, 3.05) is 11.9 Å². The lowest BCUT2D eigenvalue weighted by molar-refractivity contribution is 0.0499. The number of ether oxygens (including phenoxy) is 1. The number of unbranched alkanes of at least 4 members (excludes halogenated alkanes) is 1. The summed E-state index contributed by atoms with van der Waals surface area (Å²) in [6.45, 7) is 6.43. The van der Waals surface area contributed by atoms with Crippen LogP contribution in [-0.4, -0.2) is 23.5 Å². The Balaban J connectivity index is 1.66. The molecule has 0 aliphatic carbocycles. The van der Waals surface area contributed by atoms with Gasteiger partial charge >= 0.3 is 5.97 Å². The summed E-state index contributed by atoms with van der Waals surface area (Å²) >= 11 is 6.06. The molecule has 0 bridgehead atoms. The van der Waals surface area contributed by atoms with Crippen molar-refractivity contribution in [1.29, 1.82) is 0 Å². The average molecular weight is 487 g/mol. The van der Waals surface area contributed by atoms with E-state index in [0.29, 0.717) is 34.1 Å². The Bertz CT molecular complexity index is 1380. The molecule has 1 N–H and O–H groups in total. The van der Waals surface area contributed by atoms with E-state index in [4.69, 9.17) is 21.3 Å². The van der Waals surface area contributed by atoms with Gasteiger partial charge in [-0.2, -0.15) is 0 Å². The van der Waals surface area contributed by atoms with E-state index in [0.717, 1.165) is 40.4 Å². The van der Waals surface area contributed by atoms with Crippen molar-refractivity contribution >= 4 is 40.1 Å². The smallest absolute Gasteiger partial charge is 0.338 e. The molecule has 0 saturated carbocycles. The van der Waals surface area contributed by atoms with Crippen LogP contribution in [0.1, 0.15) is 51.6 Å². The Labute approximate surface area is 210 Å². The van der Waals surface area contributed by atoms with Gasteiger partial charge in [-0.05, 0) is 74.4 Å². The van der Waals surface area contributed by atoms with Crippen LogP contribution >= 0.6 is 11.6 Å². The number of aromatic nitrogens is 1. The molecule has 35 heavy (non-hydrogen) atoms. The molecule has 6 heteroatoms. The van der Waals surface area contributed by atoms with Gasteiger partial charge in [0, 0.05) is 21.7 Å². The SMILES string of the molecule is CCCCOC(=O)c1ccc(NC(=O)c2cc(-c3ccc(Cl)cc3)nc3c(C)cc(C)cc23)cc1. The number of hydrogen-bond acceptors (Lipinski definition) is 4. The third-order valence-corrected chi connectivity index (χ3v) is 5.99. The van der Waals surface area contributed by atoms with Crippen LogP contribution in [0, 0.1) is 13.8 Å². The van der Waals surface area contributed by atoms with Gasteiger partial charge in [0.1, 0.15) is 0 Å². The number of nitrogens with one attached hydrogen (secondary N) is 1. The number of rotatable bonds is 7. The minimum Gasteiger partial charge on any atom is -0.462 e. The predicted octanol–water partition coefficient (Wildman–Crippen LogP) is 7.38. The number of fused-ring (bicyclic) bond motifs is 1. The Morgan fingerprint density at radius 1 is 0.971 bits per heavy atom. The molecule has 0 aliphatic rings. The molecule has 178 valence electrons. The van der Waals surface area contributed by atoms with Gasteiger partial charge < -0.3 is 10.1 Å². The number of aryl methyl sites for hydroxylation is 2. The summed E-state index contributed by atoms with van der Waals surface area (Å²) in [6, 6.07) is 19.9. The number of hydrogen-bond donors (Lipinski definition) is 1. The van der Waals surface area contributed by atoms with Gasteiger partial charge in [0.2, 0.25) is 0 Å². The molecule has 1 amide bonds. The molecule has 0 unspecified atom stereocenters. The monoisotopic (exact) mass is 486 g/mol. The van der Waals surface area contributed by atoms with E-state index in [-0.39, 0.29) is 11.9 Å². The van der Waals surface area contributed by atoms with Gasteiger partial charge in [-0.1, -0.05) is 48.7 Å². The maximum atomic E-state index is 13.4. The number of esters is 1. The van der Waals surface area contributed by atoms with Crippen molar-refractivity contribution in [3.05, 3.63) is 94.0 Å². The number of halogens is 1. The average Bonchev–Trinajstić information content (AvgIpc) is 2.84. The van der Waals surface area contributed by atoms with E-state index in [1.54, 1.807) is 42.5 Å². The lowest BCUT2D eigenvalue weighted by Gasteiger charge is -2.13. The van der Waals surface area contributed by atoms with Gasteiger partial charge in [0.05, 0.1) is 28.9 Å². The second kappa shape index (κ2) is 10.7. The van der Waals surface area contributed by atoms with Crippen molar-refractivity contribution in [2.45, 2.75) is 33.6 Å². The number of carbonyl (C=O) groups is 2. The molecular weight excluding hydrogens is 460 g/mol. The topological polar surface area (TPSA) is 68.3 Å². The molecule has 1 aromatic heterocycles. The molecule has 3 aromatic carbocycles. The standard InChI is InChI=1S/C29H27ClN2O3/c1-4-5-14-35-29(34)21-8-12-23(13-9-21)31-28(33)25-17-26(20-6-10-22(30)11-7-20)32-27-19(3)15-18(2)16-24(25)27/h6-13,15-17H,4-5,14H2,1-3H3,(H,31,33). The maximum absolute atomic E-state index is 13.4. The summed E-state index contributed by atoms with van der Waals surface area (Å²) in [6.07, 6.45) is 1.79. The van der Waals surface area contributed by atoms with Crippen molar-refractivity contribution in [2.24, 2.45) is 0 Å². The summed E-state index contributed by atoms with van der Waals surface area (Å²) in [5, 5.41) is 4.38. The predicted molar refractivity (Wildman–Crippen MR) is 141 cm³/mol. The first-order valence-electron chi connectivity index (χ1n) is 11.6. The fourth-order valence-electron chi connectivity index (χ4n) is 3.92. The molecule has 0 aliphatic heterocycles. The zero-order valence-corrected chi connectivity index (χ0v) is 20.8. The zero-order chi connectivity index (χ0) is 24.9. The molecular formula is C29H27ClN2O3. The highest BCUT2D eigenvalue weighted by Crippen LogP contribution is 2.29. The Hall–Kier alpha value is -3.70. The van der Waals surface area contributed by atoms with Crippen LogP contribution in [0.25, 0.3) is 22.2 Å². The zero-order valence-electron chi connectivity index (χ0n) is 20.0. The highest BCUT2D eigenvalue weighted by atomic mass is 35.5. The van der Waals surface area contributed by atoms with E-state index in [9.17, 15) is 9.59 Å². The van der Waals surface area contributed by atoms with Gasteiger partial charge in [-0.25, -0.2) is 9.78 Å². The first-order valence-corrected chi connectivity index (χ1v) is 12.0. The molecule has 0 radical (unpaired) electrons. The molecule has 1 heterocycles. The van der Waals surface area contributed by atoms with Crippen molar-refractivity contribution in [3.8, 4) is 11.3 Å². The van der Waals surface area contributed by atoms with E-state index < -0.39 is 0 Å². The minimum atomic E-state index is -0.366. The molecule has 4 rings (SSSR count). The molecule has 5 nitrogen and oxygen atoms in total. The number of amides is 1. The highest BCUT2D eigenvalue weighted by molar-refractivity contribution is 6.30. The van der Waals surface area contributed by atoms with Crippen molar-refractivity contribution in [1.82, 2.24) is 4.98 Å². The normalized spacial score (nSPS) is 10.9.